The molecular weight excluding hydrogens is 562 g/mol. The van der Waals surface area contributed by atoms with Crippen molar-refractivity contribution in [2.24, 2.45) is 11.7 Å². The van der Waals surface area contributed by atoms with E-state index in [4.69, 9.17) is 15.2 Å². The van der Waals surface area contributed by atoms with Crippen molar-refractivity contribution < 1.29 is 19.1 Å². The Bertz CT molecular complexity index is 1010. The number of carbonyl (C=O) groups is 2. The van der Waals surface area contributed by atoms with Gasteiger partial charge in [-0.15, -0.1) is 0 Å². The van der Waals surface area contributed by atoms with Gasteiger partial charge in [0.05, 0.1) is 0 Å². The van der Waals surface area contributed by atoms with E-state index in [9.17, 15) is 9.59 Å². The van der Waals surface area contributed by atoms with E-state index in [0.717, 1.165) is 43.4 Å². The Morgan fingerprint density at radius 2 is 1.44 bits per heavy atom. The van der Waals surface area contributed by atoms with Gasteiger partial charge >= 0.3 is 12.2 Å². The summed E-state index contributed by atoms with van der Waals surface area (Å²) in [6, 6.07) is 7.98. The summed E-state index contributed by atoms with van der Waals surface area (Å²) in [5, 5.41) is 0. The van der Waals surface area contributed by atoms with E-state index in [1.807, 2.05) is 70.8 Å². The average Bonchev–Trinajstić information content (AvgIpc) is 3.48. The van der Waals surface area contributed by atoms with Gasteiger partial charge in [0.25, 0.3) is 0 Å². The van der Waals surface area contributed by atoms with Crippen LogP contribution in [0.1, 0.15) is 59.9 Å². The molecule has 0 saturated carbocycles. The maximum atomic E-state index is 12.0. The molecule has 4 heterocycles. The zero-order valence-corrected chi connectivity index (χ0v) is 25.7. The van der Waals surface area contributed by atoms with Crippen LogP contribution in [0.5, 0.6) is 0 Å². The molecule has 216 valence electrons. The van der Waals surface area contributed by atoms with E-state index < -0.39 is 11.2 Å². The monoisotopic (exact) mass is 605 g/mol. The normalized spacial score (nSPS) is 18.9. The lowest BCUT2D eigenvalue weighted by Crippen LogP contribution is -2.36. The summed E-state index contributed by atoms with van der Waals surface area (Å²) in [7, 11) is 0. The van der Waals surface area contributed by atoms with Gasteiger partial charge in [-0.25, -0.2) is 9.59 Å². The molecule has 0 spiro atoms. The Balaban J connectivity index is 0.000000229. The third kappa shape index (κ3) is 13.8. The lowest BCUT2D eigenvalue weighted by Gasteiger charge is -2.24. The molecule has 2 N–H and O–H groups in total. The molecule has 2 saturated heterocycles. The number of pyridine rings is 2. The Hall–Kier alpha value is -2.72. The predicted molar refractivity (Wildman–Crippen MR) is 156 cm³/mol. The number of likely N-dealkylation sites (tertiary alicyclic amines) is 2. The summed E-state index contributed by atoms with van der Waals surface area (Å²) in [5.74, 6) is 0.511. The standard InChI is InChI=1S/C15H22N2O2.C9H18N2O2.C5H4BrN/c1-15(2,3)19-14(18)17-8-6-13(11-17)9-12-5-4-7-16-10-12;1-9(2,3)13-8(12)11-5-4-7(10)6-11;6-5-2-1-3-7-4-5/h4-5,7,10,13H,6,8-9,11H2,1-3H3;7H,4-6,10H2,1-3H3;1-4H/t13-;7-;/m01./s1. The van der Waals surface area contributed by atoms with Crippen LogP contribution in [0.4, 0.5) is 9.59 Å². The minimum absolute atomic E-state index is 0.118. The molecule has 2 aromatic rings. The number of amides is 2. The molecule has 9 nitrogen and oxygen atoms in total. The number of ether oxygens (including phenoxy) is 2. The highest BCUT2D eigenvalue weighted by Gasteiger charge is 2.30. The van der Waals surface area contributed by atoms with Crippen molar-refractivity contribution in [2.45, 2.75) is 78.0 Å². The molecule has 4 rings (SSSR count). The van der Waals surface area contributed by atoms with Crippen LogP contribution in [-0.2, 0) is 15.9 Å². The summed E-state index contributed by atoms with van der Waals surface area (Å²) < 4.78 is 11.6. The van der Waals surface area contributed by atoms with Crippen LogP contribution in [0, 0.1) is 5.92 Å². The number of aromatic nitrogens is 2. The van der Waals surface area contributed by atoms with Crippen LogP contribution in [-0.4, -0.2) is 75.4 Å². The molecule has 0 unspecified atom stereocenters. The molecule has 0 aromatic carbocycles. The topological polar surface area (TPSA) is 111 Å². The van der Waals surface area contributed by atoms with Gasteiger partial charge in [0, 0.05) is 61.5 Å². The first-order chi connectivity index (χ1) is 18.2. The van der Waals surface area contributed by atoms with Gasteiger partial charge in [-0.2, -0.15) is 0 Å². The fourth-order valence-electron chi connectivity index (χ4n) is 3.97. The molecule has 39 heavy (non-hydrogen) atoms. The van der Waals surface area contributed by atoms with Crippen molar-refractivity contribution in [1.29, 1.82) is 0 Å². The third-order valence-electron chi connectivity index (χ3n) is 5.69. The minimum atomic E-state index is -0.418. The molecule has 2 fully saturated rings. The van der Waals surface area contributed by atoms with E-state index in [2.05, 4.69) is 32.0 Å². The molecule has 2 amide bonds. The number of halogens is 1. The molecule has 10 heteroatoms. The highest BCUT2D eigenvalue weighted by molar-refractivity contribution is 9.10. The summed E-state index contributed by atoms with van der Waals surface area (Å²) in [6.07, 6.45) is 9.62. The molecule has 0 aliphatic carbocycles. The number of carbonyl (C=O) groups excluding carboxylic acids is 2. The molecule has 2 aromatic heterocycles. The fourth-order valence-corrected chi connectivity index (χ4v) is 4.24. The molecule has 2 aliphatic rings. The van der Waals surface area contributed by atoms with Gasteiger partial charge < -0.3 is 25.0 Å². The van der Waals surface area contributed by atoms with E-state index in [1.54, 1.807) is 23.5 Å². The molecule has 0 radical (unpaired) electrons. The zero-order valence-electron chi connectivity index (χ0n) is 24.1. The smallest absolute Gasteiger partial charge is 0.410 e. The summed E-state index contributed by atoms with van der Waals surface area (Å²) in [6.45, 7) is 14.2. The van der Waals surface area contributed by atoms with E-state index in [0.29, 0.717) is 12.5 Å². The van der Waals surface area contributed by atoms with Crippen LogP contribution in [0.15, 0.2) is 53.5 Å². The summed E-state index contributed by atoms with van der Waals surface area (Å²) in [5.41, 5.74) is 6.08. The maximum Gasteiger partial charge on any atom is 0.410 e. The molecular formula is C29H44BrN5O4. The number of hydrogen-bond donors (Lipinski definition) is 1. The van der Waals surface area contributed by atoms with E-state index >= 15 is 0 Å². The van der Waals surface area contributed by atoms with Crippen LogP contribution in [0.25, 0.3) is 0 Å². The zero-order chi connectivity index (χ0) is 29.1. The van der Waals surface area contributed by atoms with Gasteiger partial charge in [0.1, 0.15) is 11.2 Å². The first-order valence-electron chi connectivity index (χ1n) is 13.4. The highest BCUT2D eigenvalue weighted by Crippen LogP contribution is 2.22. The van der Waals surface area contributed by atoms with Crippen molar-refractivity contribution in [1.82, 2.24) is 19.8 Å². The van der Waals surface area contributed by atoms with Crippen LogP contribution < -0.4 is 5.73 Å². The van der Waals surface area contributed by atoms with Crippen molar-refractivity contribution in [3.8, 4) is 0 Å². The van der Waals surface area contributed by atoms with Crippen molar-refractivity contribution in [2.75, 3.05) is 26.2 Å². The van der Waals surface area contributed by atoms with Crippen molar-refractivity contribution >= 4 is 28.1 Å². The number of nitrogens with zero attached hydrogens (tertiary/aromatic N) is 4. The Labute approximate surface area is 241 Å². The second-order valence-corrected chi connectivity index (χ2v) is 12.7. The molecule has 0 bridgehead atoms. The maximum absolute atomic E-state index is 12.0. The average molecular weight is 607 g/mol. The van der Waals surface area contributed by atoms with Crippen molar-refractivity contribution in [3.63, 3.8) is 0 Å². The Morgan fingerprint density at radius 1 is 0.897 bits per heavy atom. The van der Waals surface area contributed by atoms with Crippen LogP contribution in [0.3, 0.4) is 0 Å². The first kappa shape index (κ1) is 32.5. The SMILES string of the molecule is Brc1cccnc1.CC(C)(C)OC(=O)N1CC[C@@H](Cc2cccnc2)C1.CC(C)(C)OC(=O)N1CC[C@@H](N)C1. The van der Waals surface area contributed by atoms with E-state index in [-0.39, 0.29) is 18.2 Å². The third-order valence-corrected chi connectivity index (χ3v) is 6.16. The van der Waals surface area contributed by atoms with Gasteiger partial charge in [0.15, 0.2) is 0 Å². The van der Waals surface area contributed by atoms with Crippen LogP contribution >= 0.6 is 15.9 Å². The fraction of sp³-hybridized carbons (Fsp3) is 0.586. The van der Waals surface area contributed by atoms with Crippen LogP contribution in [0.2, 0.25) is 0 Å². The second kappa shape index (κ2) is 15.2. The second-order valence-electron chi connectivity index (χ2n) is 11.8. The quantitative estimate of drug-likeness (QED) is 0.468. The van der Waals surface area contributed by atoms with Gasteiger partial charge in [0.2, 0.25) is 0 Å². The minimum Gasteiger partial charge on any atom is -0.444 e. The van der Waals surface area contributed by atoms with Crippen molar-refractivity contribution in [3.05, 3.63) is 59.1 Å². The molecule has 2 atom stereocenters. The summed E-state index contributed by atoms with van der Waals surface area (Å²) >= 11 is 3.25. The highest BCUT2D eigenvalue weighted by atomic mass is 79.9. The van der Waals surface area contributed by atoms with Gasteiger partial charge in [-0.3, -0.25) is 9.97 Å². The Kier molecular flexibility index (Phi) is 12.6. The summed E-state index contributed by atoms with van der Waals surface area (Å²) in [4.78, 5) is 34.8. The van der Waals surface area contributed by atoms with Gasteiger partial charge in [-0.05, 0) is 106 Å². The largest absolute Gasteiger partial charge is 0.444 e. The predicted octanol–water partition coefficient (Wildman–Crippen LogP) is 5.68. The number of rotatable bonds is 2. The number of nitrogens with two attached hydrogens (primary N) is 1. The molecule has 2 aliphatic heterocycles. The van der Waals surface area contributed by atoms with E-state index in [1.165, 1.54) is 5.56 Å². The first-order valence-corrected chi connectivity index (χ1v) is 14.2. The lowest BCUT2D eigenvalue weighted by atomic mass is 10.0. The lowest BCUT2D eigenvalue weighted by molar-refractivity contribution is 0.0280. The Morgan fingerprint density at radius 3 is 1.85 bits per heavy atom. The van der Waals surface area contributed by atoms with Gasteiger partial charge in [-0.1, -0.05) is 6.07 Å². The number of hydrogen-bond acceptors (Lipinski definition) is 7.